The van der Waals surface area contributed by atoms with Crippen LogP contribution in [0.4, 0.5) is 0 Å². The average Bonchev–Trinajstić information content (AvgIpc) is 2.58. The Hall–Kier alpha value is -2.40. The van der Waals surface area contributed by atoms with E-state index in [1.165, 1.54) is 6.07 Å². The highest BCUT2D eigenvalue weighted by atomic mass is 35.5. The maximum atomic E-state index is 11.3. The summed E-state index contributed by atoms with van der Waals surface area (Å²) in [4.78, 5) is 11.3. The van der Waals surface area contributed by atoms with Gasteiger partial charge < -0.3 is 19.3 Å². The highest BCUT2D eigenvalue weighted by molar-refractivity contribution is 6.31. The van der Waals surface area contributed by atoms with Gasteiger partial charge in [0.1, 0.15) is 36.0 Å². The molecule has 0 aliphatic rings. The molecule has 0 radical (unpaired) electrons. The second kappa shape index (κ2) is 8.32. The number of hydrogen-bond acceptors (Lipinski definition) is 4. The first-order chi connectivity index (χ1) is 12.2. The van der Waals surface area contributed by atoms with Crippen molar-refractivity contribution in [3.8, 4) is 17.2 Å². The predicted octanol–water partition coefficient (Wildman–Crippen LogP) is 4.80. The number of ether oxygens (including phenoxy) is 3. The predicted molar refractivity (Wildman–Crippen MR) is 101 cm³/mol. The van der Waals surface area contributed by atoms with Gasteiger partial charge in [0.05, 0.1) is 7.11 Å². The molecule has 0 amide bonds. The van der Waals surface area contributed by atoms with Gasteiger partial charge in [0.15, 0.2) is 0 Å². The average molecular weight is 379 g/mol. The molecule has 2 aromatic carbocycles. The summed E-state index contributed by atoms with van der Waals surface area (Å²) < 4.78 is 16.7. The van der Waals surface area contributed by atoms with E-state index in [4.69, 9.17) is 25.8 Å². The number of halogens is 1. The van der Waals surface area contributed by atoms with Crippen molar-refractivity contribution in [2.24, 2.45) is 0 Å². The molecule has 0 bridgehead atoms. The van der Waals surface area contributed by atoms with Crippen LogP contribution in [-0.2, 0) is 5.41 Å². The van der Waals surface area contributed by atoms with Crippen LogP contribution in [0.1, 0.15) is 36.7 Å². The van der Waals surface area contributed by atoms with Gasteiger partial charge in [-0.1, -0.05) is 32.4 Å². The fraction of sp³-hybridized carbons (Fsp3) is 0.350. The van der Waals surface area contributed by atoms with E-state index in [1.807, 2.05) is 18.2 Å². The van der Waals surface area contributed by atoms with E-state index >= 15 is 0 Å². The molecule has 0 fully saturated rings. The van der Waals surface area contributed by atoms with Crippen molar-refractivity contribution < 1.29 is 24.1 Å². The van der Waals surface area contributed by atoms with E-state index in [-0.39, 0.29) is 29.9 Å². The Morgan fingerprint density at radius 3 is 2.23 bits per heavy atom. The lowest BCUT2D eigenvalue weighted by Gasteiger charge is -2.23. The molecule has 6 heteroatoms. The molecule has 2 rings (SSSR count). The summed E-state index contributed by atoms with van der Waals surface area (Å²) in [6.45, 7) is 6.77. The standard InChI is InChI=1S/C20H23ClO5/c1-20(2,3)16-12-14(24-4)6-8-18(16)26-10-9-25-17-7-5-13(21)11-15(17)19(22)23/h5-8,11-12H,9-10H2,1-4H3,(H,22,23). The Morgan fingerprint density at radius 2 is 1.65 bits per heavy atom. The summed E-state index contributed by atoms with van der Waals surface area (Å²) in [5, 5.41) is 9.56. The van der Waals surface area contributed by atoms with Gasteiger partial charge in [0.25, 0.3) is 0 Å². The highest BCUT2D eigenvalue weighted by Gasteiger charge is 2.20. The molecule has 5 nitrogen and oxygen atoms in total. The molecule has 0 saturated carbocycles. The van der Waals surface area contributed by atoms with Crippen LogP contribution in [-0.4, -0.2) is 31.4 Å². The summed E-state index contributed by atoms with van der Waals surface area (Å²) >= 11 is 5.83. The van der Waals surface area contributed by atoms with Crippen molar-refractivity contribution in [3.05, 3.63) is 52.5 Å². The summed E-state index contributed by atoms with van der Waals surface area (Å²) in [6, 6.07) is 10.2. The molecule has 26 heavy (non-hydrogen) atoms. The van der Waals surface area contributed by atoms with Crippen molar-refractivity contribution in [3.63, 3.8) is 0 Å². The minimum absolute atomic E-state index is 0.0253. The van der Waals surface area contributed by atoms with Gasteiger partial charge in [-0.15, -0.1) is 0 Å². The molecule has 0 atom stereocenters. The van der Waals surface area contributed by atoms with Crippen LogP contribution in [0.2, 0.25) is 5.02 Å². The fourth-order valence-electron chi connectivity index (χ4n) is 2.45. The molecule has 0 heterocycles. The molecule has 1 N–H and O–H groups in total. The number of aromatic carboxylic acids is 1. The number of carboxylic acid groups (broad SMARTS) is 1. The fourth-order valence-corrected chi connectivity index (χ4v) is 2.62. The van der Waals surface area contributed by atoms with Gasteiger partial charge in [-0.3, -0.25) is 0 Å². The van der Waals surface area contributed by atoms with E-state index in [1.54, 1.807) is 19.2 Å². The first-order valence-corrected chi connectivity index (χ1v) is 8.57. The molecule has 0 unspecified atom stereocenters. The van der Waals surface area contributed by atoms with Crippen LogP contribution in [0.15, 0.2) is 36.4 Å². The lowest BCUT2D eigenvalue weighted by atomic mass is 9.86. The smallest absolute Gasteiger partial charge is 0.339 e. The van der Waals surface area contributed by atoms with Gasteiger partial charge in [0, 0.05) is 10.6 Å². The monoisotopic (exact) mass is 378 g/mol. The Morgan fingerprint density at radius 1 is 1.04 bits per heavy atom. The minimum atomic E-state index is -1.09. The number of carboxylic acids is 1. The maximum Gasteiger partial charge on any atom is 0.339 e. The molecule has 140 valence electrons. The number of methoxy groups -OCH3 is 1. The molecular weight excluding hydrogens is 356 g/mol. The molecular formula is C20H23ClO5. The molecule has 0 aromatic heterocycles. The summed E-state index contributed by atoms with van der Waals surface area (Å²) in [7, 11) is 1.63. The van der Waals surface area contributed by atoms with Crippen LogP contribution in [0.5, 0.6) is 17.2 Å². The lowest BCUT2D eigenvalue weighted by Crippen LogP contribution is -2.16. The number of benzene rings is 2. The van der Waals surface area contributed by atoms with Crippen LogP contribution >= 0.6 is 11.6 Å². The van der Waals surface area contributed by atoms with Crippen molar-refractivity contribution in [2.45, 2.75) is 26.2 Å². The highest BCUT2D eigenvalue weighted by Crippen LogP contribution is 2.34. The van der Waals surface area contributed by atoms with Crippen LogP contribution in [0, 0.1) is 0 Å². The molecule has 0 aliphatic carbocycles. The maximum absolute atomic E-state index is 11.3. The number of rotatable bonds is 7. The van der Waals surface area contributed by atoms with Gasteiger partial charge in [-0.25, -0.2) is 4.79 Å². The molecule has 0 spiro atoms. The van der Waals surface area contributed by atoms with Crippen molar-refractivity contribution in [2.75, 3.05) is 20.3 Å². The summed E-state index contributed by atoms with van der Waals surface area (Å²) in [5.41, 5.74) is 0.934. The zero-order valence-corrected chi connectivity index (χ0v) is 16.1. The SMILES string of the molecule is COc1ccc(OCCOc2ccc(Cl)cc2C(=O)O)c(C(C)(C)C)c1. The minimum Gasteiger partial charge on any atom is -0.497 e. The largest absolute Gasteiger partial charge is 0.497 e. The third-order valence-corrected chi connectivity index (χ3v) is 4.00. The third-order valence-electron chi connectivity index (χ3n) is 3.77. The summed E-state index contributed by atoms with van der Waals surface area (Å²) in [5.74, 6) is 0.687. The van der Waals surface area contributed by atoms with Crippen molar-refractivity contribution in [1.29, 1.82) is 0 Å². The Labute approximate surface area is 158 Å². The van der Waals surface area contributed by atoms with E-state index in [0.29, 0.717) is 5.02 Å². The second-order valence-corrected chi connectivity index (χ2v) is 7.19. The third kappa shape index (κ3) is 5.05. The van der Waals surface area contributed by atoms with Gasteiger partial charge in [-0.2, -0.15) is 0 Å². The molecule has 0 saturated heterocycles. The zero-order valence-electron chi connectivity index (χ0n) is 15.3. The van der Waals surface area contributed by atoms with Gasteiger partial charge in [0.2, 0.25) is 0 Å². The van der Waals surface area contributed by atoms with Crippen molar-refractivity contribution in [1.82, 2.24) is 0 Å². The lowest BCUT2D eigenvalue weighted by molar-refractivity contribution is 0.0691. The molecule has 0 aliphatic heterocycles. The second-order valence-electron chi connectivity index (χ2n) is 6.75. The van der Waals surface area contributed by atoms with Crippen molar-refractivity contribution >= 4 is 17.6 Å². The topological polar surface area (TPSA) is 65.0 Å². The quantitative estimate of drug-likeness (QED) is 0.701. The number of carbonyl (C=O) groups is 1. The van der Waals surface area contributed by atoms with Crippen LogP contribution in [0.3, 0.4) is 0 Å². The first-order valence-electron chi connectivity index (χ1n) is 8.19. The van der Waals surface area contributed by atoms with E-state index < -0.39 is 5.97 Å². The van der Waals surface area contributed by atoms with Crippen LogP contribution in [0.25, 0.3) is 0 Å². The molecule has 2 aromatic rings. The van der Waals surface area contributed by atoms with Gasteiger partial charge in [-0.05, 0) is 41.8 Å². The summed E-state index contributed by atoms with van der Waals surface area (Å²) in [6.07, 6.45) is 0. The van der Waals surface area contributed by atoms with Gasteiger partial charge >= 0.3 is 5.97 Å². The number of hydrogen-bond donors (Lipinski definition) is 1. The Bertz CT molecular complexity index is 780. The first kappa shape index (κ1) is 19.9. The van der Waals surface area contributed by atoms with E-state index in [9.17, 15) is 9.90 Å². The Balaban J connectivity index is 2.04. The Kier molecular flexibility index (Phi) is 6.37. The van der Waals surface area contributed by atoms with E-state index in [0.717, 1.165) is 17.1 Å². The normalized spacial score (nSPS) is 11.1. The zero-order chi connectivity index (χ0) is 19.3. The van der Waals surface area contributed by atoms with E-state index in [2.05, 4.69) is 20.8 Å². The van der Waals surface area contributed by atoms with Crippen LogP contribution < -0.4 is 14.2 Å².